The van der Waals surface area contributed by atoms with E-state index in [4.69, 9.17) is 16.4 Å². The molecule has 11 heteroatoms. The van der Waals surface area contributed by atoms with Crippen molar-refractivity contribution < 1.29 is 18.0 Å². The van der Waals surface area contributed by atoms with Crippen LogP contribution in [0.2, 0.25) is 5.02 Å². The third-order valence-electron chi connectivity index (χ3n) is 3.92. The molecule has 0 aliphatic rings. The van der Waals surface area contributed by atoms with Gasteiger partial charge in [0, 0.05) is 25.7 Å². The summed E-state index contributed by atoms with van der Waals surface area (Å²) < 4.78 is 25.7. The van der Waals surface area contributed by atoms with E-state index in [0.29, 0.717) is 16.1 Å². The fourth-order valence-corrected chi connectivity index (χ4v) is 3.48. The molecule has 3 rings (SSSR count). The number of hydrogen-bond donors (Lipinski definition) is 1. The number of hydrogen-bond acceptors (Lipinski definition) is 6. The second kappa shape index (κ2) is 8.13. The Kier molecular flexibility index (Phi) is 5.82. The zero-order valence-corrected chi connectivity index (χ0v) is 16.7. The smallest absolute Gasteiger partial charge is 0.261 e. The maximum Gasteiger partial charge on any atom is 0.261 e. The number of nitrogens with zero attached hydrogens (tertiary/aromatic N) is 4. The molecule has 1 aromatic heterocycles. The summed E-state index contributed by atoms with van der Waals surface area (Å²) in [6, 6.07) is 11.5. The van der Waals surface area contributed by atoms with Gasteiger partial charge in [-0.1, -0.05) is 34.6 Å². The van der Waals surface area contributed by atoms with Gasteiger partial charge in [0.2, 0.25) is 10.0 Å². The first-order valence-corrected chi connectivity index (χ1v) is 10.0. The number of nitrogens with one attached hydrogen (secondary N) is 1. The fraction of sp³-hybridized carbons (Fsp3) is 0.235. The lowest BCUT2D eigenvalue weighted by molar-refractivity contribution is -0.126. The largest absolute Gasteiger partial charge is 0.385 e. The van der Waals surface area contributed by atoms with Gasteiger partial charge in [-0.3, -0.25) is 4.79 Å². The molecule has 1 N–H and O–H groups in total. The summed E-state index contributed by atoms with van der Waals surface area (Å²) in [5, 5.41) is 10.9. The molecule has 0 radical (unpaired) electrons. The molecule has 0 aliphatic heterocycles. The van der Waals surface area contributed by atoms with Crippen LogP contribution in [0.5, 0.6) is 0 Å². The van der Waals surface area contributed by atoms with Crippen molar-refractivity contribution in [2.45, 2.75) is 11.4 Å². The monoisotopic (exact) mass is 423 g/mol. The van der Waals surface area contributed by atoms with Gasteiger partial charge >= 0.3 is 0 Å². The first-order valence-electron chi connectivity index (χ1n) is 8.20. The van der Waals surface area contributed by atoms with Crippen LogP contribution in [0, 0.1) is 0 Å². The normalized spacial score (nSPS) is 11.7. The summed E-state index contributed by atoms with van der Waals surface area (Å²) in [4.78, 5) is 18.5. The predicted molar refractivity (Wildman–Crippen MR) is 103 cm³/mol. The lowest BCUT2D eigenvalue weighted by atomic mass is 10.2. The molecule has 0 saturated carbocycles. The van der Waals surface area contributed by atoms with Crippen LogP contribution in [0.3, 0.4) is 0 Å². The SMILES string of the molecule is CN(C)S(=O)(=O)c1ccc2nnn(OCC(=O)NCc3ccccc3Cl)c2c1. The number of benzene rings is 2. The summed E-state index contributed by atoms with van der Waals surface area (Å²) >= 11 is 6.05. The molecule has 0 aliphatic carbocycles. The summed E-state index contributed by atoms with van der Waals surface area (Å²) in [7, 11) is -0.742. The second-order valence-corrected chi connectivity index (χ2v) is 8.60. The van der Waals surface area contributed by atoms with E-state index in [2.05, 4.69) is 15.6 Å². The van der Waals surface area contributed by atoms with E-state index >= 15 is 0 Å². The van der Waals surface area contributed by atoms with E-state index < -0.39 is 10.0 Å². The van der Waals surface area contributed by atoms with Gasteiger partial charge in [-0.05, 0) is 35.0 Å². The maximum absolute atomic E-state index is 12.3. The van der Waals surface area contributed by atoms with Crippen LogP contribution in [0.25, 0.3) is 11.0 Å². The number of aromatic nitrogens is 3. The van der Waals surface area contributed by atoms with Crippen molar-refractivity contribution >= 4 is 38.6 Å². The predicted octanol–water partition coefficient (Wildman–Crippen LogP) is 1.08. The molecule has 1 heterocycles. The molecule has 9 nitrogen and oxygen atoms in total. The van der Waals surface area contributed by atoms with Crippen molar-refractivity contribution in [2.75, 3.05) is 20.7 Å². The molecule has 0 saturated heterocycles. The highest BCUT2D eigenvalue weighted by Gasteiger charge is 2.19. The van der Waals surface area contributed by atoms with Crippen molar-refractivity contribution in [3.05, 3.63) is 53.1 Å². The van der Waals surface area contributed by atoms with Crippen molar-refractivity contribution in [1.82, 2.24) is 24.8 Å². The van der Waals surface area contributed by atoms with Crippen LogP contribution in [0.4, 0.5) is 0 Å². The lowest BCUT2D eigenvalue weighted by Gasteiger charge is -2.11. The Morgan fingerprint density at radius 1 is 1.25 bits per heavy atom. The molecule has 2 aromatic carbocycles. The third kappa shape index (κ3) is 4.24. The van der Waals surface area contributed by atoms with Crippen molar-refractivity contribution in [3.63, 3.8) is 0 Å². The van der Waals surface area contributed by atoms with Gasteiger partial charge in [0.05, 0.1) is 4.90 Å². The molecule has 0 fully saturated rings. The molecule has 3 aromatic rings. The molecular formula is C17H18ClN5O4S. The van der Waals surface area contributed by atoms with Crippen LogP contribution in [0.15, 0.2) is 47.4 Å². The minimum Gasteiger partial charge on any atom is -0.385 e. The molecule has 148 valence electrons. The van der Waals surface area contributed by atoms with E-state index in [0.717, 1.165) is 14.7 Å². The summed E-state index contributed by atoms with van der Waals surface area (Å²) in [6.07, 6.45) is 0. The Morgan fingerprint density at radius 3 is 2.71 bits per heavy atom. The maximum atomic E-state index is 12.3. The molecular weight excluding hydrogens is 406 g/mol. The number of carbonyl (C=O) groups excluding carboxylic acids is 1. The van der Waals surface area contributed by atoms with Gasteiger partial charge in [0.15, 0.2) is 6.61 Å². The quantitative estimate of drug-likeness (QED) is 0.609. The van der Waals surface area contributed by atoms with E-state index in [1.165, 1.54) is 32.3 Å². The van der Waals surface area contributed by atoms with Crippen molar-refractivity contribution in [2.24, 2.45) is 0 Å². The lowest BCUT2D eigenvalue weighted by Crippen LogP contribution is -2.31. The van der Waals surface area contributed by atoms with Crippen LogP contribution in [0.1, 0.15) is 5.56 Å². The van der Waals surface area contributed by atoms with Gasteiger partial charge in [0.1, 0.15) is 11.0 Å². The highest BCUT2D eigenvalue weighted by Crippen LogP contribution is 2.19. The molecule has 1 amide bonds. The van der Waals surface area contributed by atoms with Gasteiger partial charge in [-0.15, -0.1) is 5.10 Å². The zero-order chi connectivity index (χ0) is 20.3. The number of carbonyl (C=O) groups is 1. The average molecular weight is 424 g/mol. The Hall–Kier alpha value is -2.69. The van der Waals surface area contributed by atoms with Crippen LogP contribution < -0.4 is 10.2 Å². The molecule has 0 atom stereocenters. The number of sulfonamides is 1. The Balaban J connectivity index is 1.69. The minimum atomic E-state index is -3.62. The highest BCUT2D eigenvalue weighted by molar-refractivity contribution is 7.89. The van der Waals surface area contributed by atoms with Crippen LogP contribution >= 0.6 is 11.6 Å². The Bertz CT molecular complexity index is 1110. The van der Waals surface area contributed by atoms with Gasteiger partial charge in [0.25, 0.3) is 5.91 Å². The Morgan fingerprint density at radius 2 is 2.00 bits per heavy atom. The summed E-state index contributed by atoms with van der Waals surface area (Å²) in [5.74, 6) is -0.388. The molecule has 0 bridgehead atoms. The zero-order valence-electron chi connectivity index (χ0n) is 15.2. The van der Waals surface area contributed by atoms with Crippen LogP contribution in [-0.2, 0) is 21.4 Å². The van der Waals surface area contributed by atoms with E-state index in [-0.39, 0.29) is 24.0 Å². The van der Waals surface area contributed by atoms with Gasteiger partial charge in [-0.25, -0.2) is 12.7 Å². The van der Waals surface area contributed by atoms with E-state index in [1.807, 2.05) is 6.07 Å². The Labute approximate surface area is 166 Å². The third-order valence-corrected chi connectivity index (χ3v) is 6.10. The van der Waals surface area contributed by atoms with E-state index in [9.17, 15) is 13.2 Å². The first kappa shape index (κ1) is 20.1. The fourth-order valence-electron chi connectivity index (χ4n) is 2.35. The first-order chi connectivity index (χ1) is 13.3. The number of halogens is 1. The molecule has 0 unspecified atom stereocenters. The number of rotatable bonds is 7. The molecule has 0 spiro atoms. The topological polar surface area (TPSA) is 106 Å². The number of fused-ring (bicyclic) bond motifs is 1. The standard InChI is InChI=1S/C17H18ClN5O4S/c1-22(2)28(25,26)13-7-8-15-16(9-13)23(21-20-15)27-11-17(24)19-10-12-5-3-4-6-14(12)18/h3-9H,10-11H2,1-2H3,(H,19,24). The summed E-state index contributed by atoms with van der Waals surface area (Å²) in [5.41, 5.74) is 1.55. The van der Waals surface area contributed by atoms with E-state index in [1.54, 1.807) is 18.2 Å². The minimum absolute atomic E-state index is 0.0697. The van der Waals surface area contributed by atoms with Gasteiger partial charge in [-0.2, -0.15) is 0 Å². The average Bonchev–Trinajstić information content (AvgIpc) is 3.08. The number of amides is 1. The van der Waals surface area contributed by atoms with Crippen molar-refractivity contribution in [3.8, 4) is 0 Å². The summed E-state index contributed by atoms with van der Waals surface area (Å²) in [6.45, 7) is -0.0707. The van der Waals surface area contributed by atoms with Crippen molar-refractivity contribution in [1.29, 1.82) is 0 Å². The van der Waals surface area contributed by atoms with Crippen LogP contribution in [-0.4, -0.2) is 54.5 Å². The second-order valence-electron chi connectivity index (χ2n) is 6.04. The highest BCUT2D eigenvalue weighted by atomic mass is 35.5. The van der Waals surface area contributed by atoms with Gasteiger partial charge < -0.3 is 10.2 Å². The molecule has 28 heavy (non-hydrogen) atoms.